The number of carbonyl (C=O) groups is 1. The van der Waals surface area contributed by atoms with Crippen molar-refractivity contribution in [2.45, 2.75) is 25.3 Å². The Balaban J connectivity index is 0.00000121. The van der Waals surface area contributed by atoms with E-state index in [0.717, 1.165) is 19.4 Å². The summed E-state index contributed by atoms with van der Waals surface area (Å²) in [5, 5.41) is 1.55. The van der Waals surface area contributed by atoms with Gasteiger partial charge in [0, 0.05) is 6.54 Å². The monoisotopic (exact) mass is 194 g/mol. The lowest BCUT2D eigenvalue weighted by Gasteiger charge is -2.27. The van der Waals surface area contributed by atoms with E-state index >= 15 is 0 Å². The van der Waals surface area contributed by atoms with E-state index in [-0.39, 0.29) is 18.4 Å². The molecule has 72 valence electrons. The zero-order valence-corrected chi connectivity index (χ0v) is 8.19. The first kappa shape index (κ1) is 11.7. The molecule has 0 aromatic heterocycles. The lowest BCUT2D eigenvalue weighted by Crippen LogP contribution is -2.52. The minimum absolute atomic E-state index is 0. The smallest absolute Gasteiger partial charge is 0.327 e. The zero-order chi connectivity index (χ0) is 8.48. The van der Waals surface area contributed by atoms with E-state index in [2.05, 4.69) is 4.74 Å². The molecule has 1 rings (SSSR count). The van der Waals surface area contributed by atoms with Gasteiger partial charge in [0.25, 0.3) is 0 Å². The van der Waals surface area contributed by atoms with Gasteiger partial charge < -0.3 is 4.74 Å². The average molecular weight is 195 g/mol. The predicted molar refractivity (Wildman–Crippen MR) is 47.8 cm³/mol. The molecule has 2 N–H and O–H groups in total. The Morgan fingerprint density at radius 1 is 1.67 bits per heavy atom. The highest BCUT2D eigenvalue weighted by atomic mass is 35.5. The Bertz CT molecular complexity index is 177. The van der Waals surface area contributed by atoms with Crippen LogP contribution in [-0.2, 0) is 9.53 Å². The molecule has 0 bridgehead atoms. The standard InChI is InChI=1S/C7H14N2O2.ClH/c1-7(6(10)11-2)4-3-5-9(7)8;/h3-5,8H2,1-2H3;1H/t7-;/m1./s1. The van der Waals surface area contributed by atoms with Crippen LogP contribution in [0.1, 0.15) is 19.8 Å². The molecule has 1 aliphatic heterocycles. The first-order chi connectivity index (χ1) is 5.11. The fourth-order valence-corrected chi connectivity index (χ4v) is 1.42. The van der Waals surface area contributed by atoms with Crippen LogP contribution in [0.15, 0.2) is 0 Å². The number of methoxy groups -OCH3 is 1. The largest absolute Gasteiger partial charge is 0.468 e. The summed E-state index contributed by atoms with van der Waals surface area (Å²) in [6, 6.07) is 0. The van der Waals surface area contributed by atoms with Crippen LogP contribution in [0, 0.1) is 0 Å². The molecule has 0 amide bonds. The first-order valence-electron chi connectivity index (χ1n) is 3.72. The van der Waals surface area contributed by atoms with Crippen molar-refractivity contribution in [1.82, 2.24) is 5.01 Å². The molecule has 0 saturated carbocycles. The molecular weight excluding hydrogens is 180 g/mol. The number of nitrogens with two attached hydrogens (primary N) is 1. The molecule has 1 heterocycles. The Labute approximate surface area is 78.4 Å². The van der Waals surface area contributed by atoms with Crippen molar-refractivity contribution in [3.63, 3.8) is 0 Å². The summed E-state index contributed by atoms with van der Waals surface area (Å²) < 4.78 is 4.65. The van der Waals surface area contributed by atoms with Gasteiger partial charge in [-0.25, -0.2) is 5.01 Å². The van der Waals surface area contributed by atoms with Crippen molar-refractivity contribution >= 4 is 18.4 Å². The van der Waals surface area contributed by atoms with Gasteiger partial charge in [0.15, 0.2) is 0 Å². The summed E-state index contributed by atoms with van der Waals surface area (Å²) in [5.41, 5.74) is -0.589. The minimum Gasteiger partial charge on any atom is -0.468 e. The van der Waals surface area contributed by atoms with Crippen molar-refractivity contribution in [3.8, 4) is 0 Å². The topological polar surface area (TPSA) is 55.6 Å². The van der Waals surface area contributed by atoms with Crippen molar-refractivity contribution in [1.29, 1.82) is 0 Å². The maximum absolute atomic E-state index is 11.2. The van der Waals surface area contributed by atoms with E-state index in [9.17, 15) is 4.79 Å². The summed E-state index contributed by atoms with van der Waals surface area (Å²) in [7, 11) is 1.39. The number of ether oxygens (including phenoxy) is 1. The molecule has 0 aromatic carbocycles. The van der Waals surface area contributed by atoms with Crippen LogP contribution in [0.2, 0.25) is 0 Å². The summed E-state index contributed by atoms with van der Waals surface area (Å²) in [6.45, 7) is 2.58. The predicted octanol–water partition coefficient (Wildman–Crippen LogP) is 0.309. The molecule has 5 heteroatoms. The number of hydrazine groups is 1. The van der Waals surface area contributed by atoms with Gasteiger partial charge in [-0.3, -0.25) is 10.6 Å². The average Bonchev–Trinajstić information content (AvgIpc) is 2.32. The van der Waals surface area contributed by atoms with E-state index in [1.807, 2.05) is 6.92 Å². The van der Waals surface area contributed by atoms with Gasteiger partial charge in [0.2, 0.25) is 0 Å². The summed E-state index contributed by atoms with van der Waals surface area (Å²) in [4.78, 5) is 11.2. The Kier molecular flexibility index (Phi) is 3.96. The third-order valence-electron chi connectivity index (χ3n) is 2.32. The molecule has 0 radical (unpaired) electrons. The van der Waals surface area contributed by atoms with E-state index < -0.39 is 5.54 Å². The third kappa shape index (κ3) is 1.71. The SMILES string of the molecule is COC(=O)[C@@]1(C)CCCN1N.Cl. The highest BCUT2D eigenvalue weighted by Gasteiger charge is 2.42. The lowest BCUT2D eigenvalue weighted by molar-refractivity contribution is -0.152. The second-order valence-electron chi connectivity index (χ2n) is 3.06. The summed E-state index contributed by atoms with van der Waals surface area (Å²) in [6.07, 6.45) is 1.75. The van der Waals surface area contributed by atoms with Crippen LogP contribution in [-0.4, -0.2) is 30.2 Å². The van der Waals surface area contributed by atoms with E-state index in [1.165, 1.54) is 7.11 Å². The Hall–Kier alpha value is -0.320. The quantitative estimate of drug-likeness (QED) is 0.482. The molecule has 0 aromatic rings. The van der Waals surface area contributed by atoms with E-state index in [1.54, 1.807) is 5.01 Å². The third-order valence-corrected chi connectivity index (χ3v) is 2.32. The normalized spacial score (nSPS) is 29.6. The van der Waals surface area contributed by atoms with Gasteiger partial charge in [-0.2, -0.15) is 0 Å². The Morgan fingerprint density at radius 2 is 2.25 bits per heavy atom. The molecule has 0 spiro atoms. The van der Waals surface area contributed by atoms with Crippen LogP contribution < -0.4 is 5.84 Å². The second kappa shape index (κ2) is 4.07. The van der Waals surface area contributed by atoms with Crippen molar-refractivity contribution in [3.05, 3.63) is 0 Å². The summed E-state index contributed by atoms with van der Waals surface area (Å²) >= 11 is 0. The minimum atomic E-state index is -0.589. The number of rotatable bonds is 1. The molecule has 0 unspecified atom stereocenters. The van der Waals surface area contributed by atoms with Crippen LogP contribution in [0.25, 0.3) is 0 Å². The van der Waals surface area contributed by atoms with Gasteiger partial charge in [-0.1, -0.05) is 0 Å². The molecule has 12 heavy (non-hydrogen) atoms. The van der Waals surface area contributed by atoms with Crippen molar-refractivity contribution in [2.75, 3.05) is 13.7 Å². The molecule has 1 atom stereocenters. The number of nitrogens with zero attached hydrogens (tertiary/aromatic N) is 1. The molecule has 0 aliphatic carbocycles. The number of hydrogen-bond acceptors (Lipinski definition) is 4. The van der Waals surface area contributed by atoms with Crippen molar-refractivity contribution < 1.29 is 9.53 Å². The van der Waals surface area contributed by atoms with E-state index in [0.29, 0.717) is 0 Å². The van der Waals surface area contributed by atoms with Crippen LogP contribution in [0.4, 0.5) is 0 Å². The van der Waals surface area contributed by atoms with Gasteiger partial charge in [-0.05, 0) is 19.8 Å². The van der Waals surface area contributed by atoms with Crippen molar-refractivity contribution in [2.24, 2.45) is 5.84 Å². The maximum atomic E-state index is 11.2. The van der Waals surface area contributed by atoms with E-state index in [4.69, 9.17) is 5.84 Å². The Morgan fingerprint density at radius 3 is 2.58 bits per heavy atom. The molecule has 4 nitrogen and oxygen atoms in total. The van der Waals surface area contributed by atoms with Crippen LogP contribution >= 0.6 is 12.4 Å². The number of hydrogen-bond donors (Lipinski definition) is 1. The fourth-order valence-electron chi connectivity index (χ4n) is 1.42. The highest BCUT2D eigenvalue weighted by Crippen LogP contribution is 2.26. The zero-order valence-electron chi connectivity index (χ0n) is 7.37. The number of carbonyl (C=O) groups excluding carboxylic acids is 1. The summed E-state index contributed by atoms with van der Waals surface area (Å²) in [5.74, 6) is 5.38. The molecular formula is C7H15ClN2O2. The van der Waals surface area contributed by atoms with Crippen LogP contribution in [0.3, 0.4) is 0 Å². The fraction of sp³-hybridized carbons (Fsp3) is 0.857. The first-order valence-corrected chi connectivity index (χ1v) is 3.72. The number of esters is 1. The maximum Gasteiger partial charge on any atom is 0.327 e. The van der Waals surface area contributed by atoms with Gasteiger partial charge in [-0.15, -0.1) is 12.4 Å². The molecule has 1 saturated heterocycles. The van der Waals surface area contributed by atoms with Gasteiger partial charge in [0.1, 0.15) is 5.54 Å². The second-order valence-corrected chi connectivity index (χ2v) is 3.06. The molecule has 1 aliphatic rings. The highest BCUT2D eigenvalue weighted by molar-refractivity contribution is 5.85. The molecule has 1 fully saturated rings. The number of halogens is 1. The van der Waals surface area contributed by atoms with Gasteiger partial charge >= 0.3 is 5.97 Å². The van der Waals surface area contributed by atoms with Gasteiger partial charge in [0.05, 0.1) is 7.11 Å². The lowest BCUT2D eigenvalue weighted by atomic mass is 10.0. The van der Waals surface area contributed by atoms with Crippen LogP contribution in [0.5, 0.6) is 0 Å².